The van der Waals surface area contributed by atoms with Gasteiger partial charge >= 0.3 is 5.69 Å². The molecular weight excluding hydrogens is 426 g/mol. The van der Waals surface area contributed by atoms with E-state index < -0.39 is 0 Å². The number of nitrogens with one attached hydrogen (secondary N) is 2. The van der Waals surface area contributed by atoms with Crippen LogP contribution in [0.3, 0.4) is 0 Å². The second-order valence-electron chi connectivity index (χ2n) is 9.88. The van der Waals surface area contributed by atoms with Crippen LogP contribution >= 0.6 is 0 Å². The zero-order valence-corrected chi connectivity index (χ0v) is 19.8. The number of H-pyrrole nitrogens is 1. The van der Waals surface area contributed by atoms with Gasteiger partial charge in [-0.25, -0.2) is 4.79 Å². The first kappa shape index (κ1) is 21.5. The lowest BCUT2D eigenvalue weighted by molar-refractivity contribution is 0.191. The number of piperidine rings is 1. The highest BCUT2D eigenvalue weighted by Crippen LogP contribution is 2.39. The molecule has 7 heteroatoms. The maximum atomic E-state index is 12.5. The number of ether oxygens (including phenoxy) is 1. The third-order valence-electron chi connectivity index (χ3n) is 7.99. The average Bonchev–Trinajstić information content (AvgIpc) is 3.44. The van der Waals surface area contributed by atoms with Gasteiger partial charge in [-0.05, 0) is 61.1 Å². The van der Waals surface area contributed by atoms with Gasteiger partial charge in [0.05, 0.1) is 30.5 Å². The first-order valence-electron chi connectivity index (χ1n) is 12.6. The maximum absolute atomic E-state index is 12.5. The summed E-state index contributed by atoms with van der Waals surface area (Å²) in [6.07, 6.45) is 5.27. The number of aliphatic imine (C=N–C) groups is 1. The Bertz CT molecular complexity index is 1270. The fourth-order valence-corrected chi connectivity index (χ4v) is 6.20. The molecule has 6 rings (SSSR count). The van der Waals surface area contributed by atoms with E-state index in [9.17, 15) is 4.79 Å². The first-order valence-corrected chi connectivity index (χ1v) is 12.6. The number of likely N-dealkylation sites (tertiary alicyclic amines) is 1. The summed E-state index contributed by atoms with van der Waals surface area (Å²) in [7, 11) is 1.74. The van der Waals surface area contributed by atoms with E-state index in [0.717, 1.165) is 75.1 Å². The standard InChI is InChI=1S/C27H33N5O2/c1-34-20-7-8-21-18(16-20)6-9-23-22(21)17-26(29-23)28-12-15-31-13-10-19(11-14-31)32-25-5-3-2-4-24(25)30-27(32)33/h2-5,7-8,16,19,22-23H,6,9-15,17H2,1H3,(H,28,29)(H,30,33)/t22-,23+/m0/s1. The van der Waals surface area contributed by atoms with Crippen molar-refractivity contribution in [2.45, 2.75) is 50.1 Å². The average molecular weight is 460 g/mol. The van der Waals surface area contributed by atoms with Crippen molar-refractivity contribution in [3.63, 3.8) is 0 Å². The summed E-state index contributed by atoms with van der Waals surface area (Å²) in [5.41, 5.74) is 4.85. The van der Waals surface area contributed by atoms with E-state index in [1.54, 1.807) is 7.11 Å². The Morgan fingerprint density at radius 1 is 1.12 bits per heavy atom. The lowest BCUT2D eigenvalue weighted by atomic mass is 9.80. The smallest absolute Gasteiger partial charge is 0.326 e. The number of methoxy groups -OCH3 is 1. The minimum absolute atomic E-state index is 0.0137. The van der Waals surface area contributed by atoms with Crippen LogP contribution in [-0.2, 0) is 6.42 Å². The molecule has 7 nitrogen and oxygen atoms in total. The van der Waals surface area contributed by atoms with E-state index in [-0.39, 0.29) is 11.7 Å². The van der Waals surface area contributed by atoms with Crippen molar-refractivity contribution in [2.24, 2.45) is 4.99 Å². The van der Waals surface area contributed by atoms with Gasteiger partial charge in [-0.1, -0.05) is 18.2 Å². The van der Waals surface area contributed by atoms with Crippen LogP contribution in [0, 0.1) is 0 Å². The molecule has 1 aromatic heterocycles. The number of aryl methyl sites for hydroxylation is 1. The summed E-state index contributed by atoms with van der Waals surface area (Å²) in [6.45, 7) is 3.82. The van der Waals surface area contributed by atoms with Gasteiger partial charge in [-0.3, -0.25) is 9.56 Å². The van der Waals surface area contributed by atoms with Crippen molar-refractivity contribution in [3.8, 4) is 5.75 Å². The van der Waals surface area contributed by atoms with Crippen molar-refractivity contribution in [3.05, 3.63) is 64.1 Å². The van der Waals surface area contributed by atoms with Crippen LogP contribution in [0.2, 0.25) is 0 Å². The molecule has 2 saturated heterocycles. The van der Waals surface area contributed by atoms with E-state index in [1.165, 1.54) is 17.0 Å². The number of para-hydroxylation sites is 2. The Balaban J connectivity index is 1.04. The largest absolute Gasteiger partial charge is 0.497 e. The fraction of sp³-hybridized carbons (Fsp3) is 0.481. The molecule has 1 aliphatic carbocycles. The van der Waals surface area contributed by atoms with Gasteiger partial charge in [0.25, 0.3) is 0 Å². The third kappa shape index (κ3) is 3.92. The molecule has 0 bridgehead atoms. The molecule has 0 spiro atoms. The van der Waals surface area contributed by atoms with Crippen LogP contribution in [0.4, 0.5) is 0 Å². The molecule has 0 unspecified atom stereocenters. The van der Waals surface area contributed by atoms with Gasteiger partial charge in [0, 0.05) is 44.1 Å². The summed E-state index contributed by atoms with van der Waals surface area (Å²) < 4.78 is 7.38. The summed E-state index contributed by atoms with van der Waals surface area (Å²) in [4.78, 5) is 23.0. The van der Waals surface area contributed by atoms with E-state index in [1.807, 2.05) is 28.8 Å². The number of rotatable bonds is 5. The topological polar surface area (TPSA) is 74.7 Å². The van der Waals surface area contributed by atoms with Crippen LogP contribution in [0.1, 0.15) is 48.8 Å². The number of fused-ring (bicyclic) bond motifs is 4. The molecule has 2 aromatic carbocycles. The van der Waals surface area contributed by atoms with Gasteiger partial charge in [0.15, 0.2) is 0 Å². The molecule has 0 amide bonds. The molecule has 0 radical (unpaired) electrons. The van der Waals surface area contributed by atoms with Crippen molar-refractivity contribution in [2.75, 3.05) is 33.3 Å². The second kappa shape index (κ2) is 8.95. The van der Waals surface area contributed by atoms with Crippen LogP contribution in [0.25, 0.3) is 11.0 Å². The lowest BCUT2D eigenvalue weighted by Gasteiger charge is -2.32. The zero-order chi connectivity index (χ0) is 23.1. The molecular formula is C27H33N5O2. The van der Waals surface area contributed by atoms with E-state index in [0.29, 0.717) is 12.0 Å². The number of amidine groups is 1. The summed E-state index contributed by atoms with van der Waals surface area (Å²) in [5, 5.41) is 3.71. The predicted molar refractivity (Wildman–Crippen MR) is 135 cm³/mol. The Hall–Kier alpha value is -3.06. The molecule has 3 heterocycles. The van der Waals surface area contributed by atoms with Gasteiger partial charge in [-0.2, -0.15) is 0 Å². The van der Waals surface area contributed by atoms with Crippen molar-refractivity contribution < 1.29 is 4.74 Å². The number of benzene rings is 2. The van der Waals surface area contributed by atoms with Crippen molar-refractivity contribution >= 4 is 16.9 Å². The minimum atomic E-state index is 0.0137. The van der Waals surface area contributed by atoms with E-state index in [4.69, 9.17) is 9.73 Å². The van der Waals surface area contributed by atoms with Crippen LogP contribution in [0.5, 0.6) is 5.75 Å². The quantitative estimate of drug-likeness (QED) is 0.613. The molecule has 2 aliphatic heterocycles. The van der Waals surface area contributed by atoms with Crippen molar-refractivity contribution in [1.29, 1.82) is 0 Å². The van der Waals surface area contributed by atoms with Gasteiger partial charge in [0.2, 0.25) is 0 Å². The molecule has 34 heavy (non-hydrogen) atoms. The highest BCUT2D eigenvalue weighted by atomic mass is 16.5. The SMILES string of the molecule is COc1ccc2c(c1)CC[C@H]1NC(=NCCN3CCC(n4c(=O)[nH]c5ccccc54)CC3)C[C@@H]21. The lowest BCUT2D eigenvalue weighted by Crippen LogP contribution is -2.38. The Kier molecular flexibility index (Phi) is 5.65. The summed E-state index contributed by atoms with van der Waals surface area (Å²) >= 11 is 0. The Labute approximate surface area is 199 Å². The second-order valence-corrected chi connectivity index (χ2v) is 9.88. The monoisotopic (exact) mass is 459 g/mol. The normalized spacial score (nSPS) is 24.2. The van der Waals surface area contributed by atoms with Crippen LogP contribution < -0.4 is 15.7 Å². The molecule has 178 valence electrons. The molecule has 0 saturated carbocycles. The first-order chi connectivity index (χ1) is 16.7. The summed E-state index contributed by atoms with van der Waals surface area (Å²) in [6, 6.07) is 15.3. The molecule has 2 N–H and O–H groups in total. The Morgan fingerprint density at radius 2 is 1.97 bits per heavy atom. The molecule has 3 aliphatic rings. The number of aromatic nitrogens is 2. The molecule has 2 fully saturated rings. The Morgan fingerprint density at radius 3 is 2.82 bits per heavy atom. The fourth-order valence-electron chi connectivity index (χ4n) is 6.20. The number of aromatic amines is 1. The van der Waals surface area contributed by atoms with Gasteiger partial charge < -0.3 is 19.9 Å². The minimum Gasteiger partial charge on any atom is -0.497 e. The van der Waals surface area contributed by atoms with E-state index in [2.05, 4.69) is 33.4 Å². The van der Waals surface area contributed by atoms with Gasteiger partial charge in [0.1, 0.15) is 5.75 Å². The van der Waals surface area contributed by atoms with Crippen LogP contribution in [0.15, 0.2) is 52.3 Å². The predicted octanol–water partition coefficient (Wildman–Crippen LogP) is 3.47. The van der Waals surface area contributed by atoms with E-state index >= 15 is 0 Å². The van der Waals surface area contributed by atoms with Crippen molar-refractivity contribution in [1.82, 2.24) is 19.8 Å². The van der Waals surface area contributed by atoms with Crippen LogP contribution in [-0.4, -0.2) is 59.6 Å². The summed E-state index contributed by atoms with van der Waals surface area (Å²) in [5.74, 6) is 2.65. The number of hydrogen-bond donors (Lipinski definition) is 2. The molecule has 3 aromatic rings. The number of hydrogen-bond acceptors (Lipinski definition) is 4. The highest BCUT2D eigenvalue weighted by molar-refractivity contribution is 5.86. The maximum Gasteiger partial charge on any atom is 0.326 e. The highest BCUT2D eigenvalue weighted by Gasteiger charge is 2.36. The molecule has 2 atom stereocenters. The zero-order valence-electron chi connectivity index (χ0n) is 19.8. The van der Waals surface area contributed by atoms with Gasteiger partial charge in [-0.15, -0.1) is 0 Å². The number of nitrogens with zero attached hydrogens (tertiary/aromatic N) is 3. The number of imidazole rings is 1. The third-order valence-corrected chi connectivity index (χ3v) is 7.99.